The number of likely N-dealkylation sites (tertiary alicyclic amines) is 1. The second-order valence-corrected chi connectivity index (χ2v) is 9.78. The zero-order valence-electron chi connectivity index (χ0n) is 17.1. The number of carbonyl (C=O) groups excluding carboxylic acids is 2. The van der Waals surface area contributed by atoms with Gasteiger partial charge in [-0.05, 0) is 18.1 Å². The predicted octanol–water partition coefficient (Wildman–Crippen LogP) is 2.16. The Labute approximate surface area is 202 Å². The monoisotopic (exact) mass is 513 g/mol. The fraction of sp³-hybridized carbons (Fsp3) is 0.333. The van der Waals surface area contributed by atoms with Gasteiger partial charge in [-0.25, -0.2) is 4.79 Å². The molecule has 0 aliphatic carbocycles. The maximum atomic E-state index is 12.8. The van der Waals surface area contributed by atoms with Crippen molar-refractivity contribution in [1.29, 1.82) is 0 Å². The summed E-state index contributed by atoms with van der Waals surface area (Å²) in [6.45, 7) is -0.228. The van der Waals surface area contributed by atoms with Gasteiger partial charge in [0.2, 0.25) is 5.88 Å². The molecule has 33 heavy (non-hydrogen) atoms. The summed E-state index contributed by atoms with van der Waals surface area (Å²) >= 11 is 13.5. The number of fused-ring (bicyclic) bond motifs is 1. The van der Waals surface area contributed by atoms with Crippen molar-refractivity contribution >= 4 is 56.8 Å². The first-order chi connectivity index (χ1) is 15.7. The van der Waals surface area contributed by atoms with Crippen LogP contribution in [-0.2, 0) is 11.2 Å². The number of hydrogen-bond acceptors (Lipinski definition) is 7. The fourth-order valence-electron chi connectivity index (χ4n) is 3.66. The summed E-state index contributed by atoms with van der Waals surface area (Å²) < 4.78 is 5.82. The minimum absolute atomic E-state index is 0.0112. The van der Waals surface area contributed by atoms with Gasteiger partial charge < -0.3 is 35.3 Å². The lowest BCUT2D eigenvalue weighted by molar-refractivity contribution is -0.141. The van der Waals surface area contributed by atoms with Crippen LogP contribution in [-0.4, -0.2) is 74.6 Å². The molecule has 1 aliphatic rings. The standard InChI is InChI=1S/C21H21Cl2N3O6S/c22-15-7-11-16(23)18(25-19(11)33-15)32-21(31)24-12(6-10-4-2-1-3-5-10)17(29)20(30)26-8-13(27)14(28)9-26/h1-5,7,12-14,17,25,27-29H,6,8-9H2,(H,24,31)/t12-,13-,14+,17+/m0/s1. The molecular weight excluding hydrogens is 493 g/mol. The van der Waals surface area contributed by atoms with E-state index in [0.29, 0.717) is 14.6 Å². The van der Waals surface area contributed by atoms with Gasteiger partial charge in [0, 0.05) is 18.5 Å². The van der Waals surface area contributed by atoms with Gasteiger partial charge in [0.15, 0.2) is 6.10 Å². The third kappa shape index (κ3) is 5.26. The molecule has 2 amide bonds. The van der Waals surface area contributed by atoms with Crippen LogP contribution in [0.15, 0.2) is 36.4 Å². The van der Waals surface area contributed by atoms with E-state index in [9.17, 15) is 24.9 Å². The van der Waals surface area contributed by atoms with E-state index >= 15 is 0 Å². The highest BCUT2D eigenvalue weighted by Crippen LogP contribution is 2.39. The van der Waals surface area contributed by atoms with Gasteiger partial charge in [-0.15, -0.1) is 11.3 Å². The number of halogens is 2. The fourth-order valence-corrected chi connectivity index (χ4v) is 5.08. The molecule has 5 N–H and O–H groups in total. The van der Waals surface area contributed by atoms with Crippen LogP contribution >= 0.6 is 34.5 Å². The number of H-pyrrole nitrogens is 1. The van der Waals surface area contributed by atoms with Crippen molar-refractivity contribution < 1.29 is 29.6 Å². The molecule has 4 atom stereocenters. The second-order valence-electron chi connectivity index (χ2n) is 7.71. The molecule has 1 aliphatic heterocycles. The molecule has 1 saturated heterocycles. The van der Waals surface area contributed by atoms with Crippen LogP contribution in [0.2, 0.25) is 9.36 Å². The normalized spacial score (nSPS) is 20.1. The number of nitrogens with zero attached hydrogens (tertiary/aromatic N) is 1. The molecule has 9 nitrogen and oxygen atoms in total. The van der Waals surface area contributed by atoms with Crippen molar-refractivity contribution in [1.82, 2.24) is 15.2 Å². The van der Waals surface area contributed by atoms with Crippen molar-refractivity contribution in [3.05, 3.63) is 51.3 Å². The van der Waals surface area contributed by atoms with Gasteiger partial charge in [-0.3, -0.25) is 4.79 Å². The number of nitrogens with one attached hydrogen (secondary N) is 2. The average Bonchev–Trinajstić information content (AvgIpc) is 3.41. The molecule has 0 radical (unpaired) electrons. The van der Waals surface area contributed by atoms with Crippen LogP contribution in [0, 0.1) is 0 Å². The largest absolute Gasteiger partial charge is 0.414 e. The molecule has 176 valence electrons. The van der Waals surface area contributed by atoms with E-state index < -0.39 is 36.4 Å². The molecule has 12 heteroatoms. The Balaban J connectivity index is 1.49. The van der Waals surface area contributed by atoms with Crippen LogP contribution in [0.3, 0.4) is 0 Å². The van der Waals surface area contributed by atoms with E-state index in [0.717, 1.165) is 10.5 Å². The van der Waals surface area contributed by atoms with Gasteiger partial charge in [0.25, 0.3) is 5.91 Å². The summed E-state index contributed by atoms with van der Waals surface area (Å²) in [6, 6.07) is 9.59. The molecule has 0 spiro atoms. The Bertz CT molecular complexity index is 1140. The molecule has 3 heterocycles. The third-order valence-electron chi connectivity index (χ3n) is 5.37. The molecule has 1 aromatic carbocycles. The summed E-state index contributed by atoms with van der Waals surface area (Å²) in [4.78, 5) is 30.1. The number of amides is 2. The van der Waals surface area contributed by atoms with Crippen LogP contribution in [0.5, 0.6) is 5.88 Å². The van der Waals surface area contributed by atoms with E-state index in [2.05, 4.69) is 10.3 Å². The maximum absolute atomic E-state index is 12.8. The van der Waals surface area contributed by atoms with Crippen molar-refractivity contribution in [3.63, 3.8) is 0 Å². The summed E-state index contributed by atoms with van der Waals surface area (Å²) in [5.41, 5.74) is 0.768. The lowest BCUT2D eigenvalue weighted by Gasteiger charge is -2.27. The van der Waals surface area contributed by atoms with E-state index in [1.807, 2.05) is 6.07 Å². The van der Waals surface area contributed by atoms with Gasteiger partial charge in [0.05, 0.1) is 22.6 Å². The maximum Gasteiger partial charge on any atom is 0.414 e. The van der Waals surface area contributed by atoms with E-state index in [-0.39, 0.29) is 30.4 Å². The lowest BCUT2D eigenvalue weighted by Crippen LogP contribution is -2.53. The average molecular weight is 514 g/mol. The third-order valence-corrected chi connectivity index (χ3v) is 6.92. The minimum atomic E-state index is -1.64. The number of benzene rings is 1. The first-order valence-electron chi connectivity index (χ1n) is 10.0. The first-order valence-corrected chi connectivity index (χ1v) is 11.6. The molecule has 4 rings (SSSR count). The Morgan fingerprint density at radius 2 is 1.88 bits per heavy atom. The number of aromatic amines is 1. The second kappa shape index (κ2) is 9.88. The van der Waals surface area contributed by atoms with E-state index in [4.69, 9.17) is 27.9 Å². The van der Waals surface area contributed by atoms with Crippen LogP contribution < -0.4 is 10.1 Å². The van der Waals surface area contributed by atoms with Crippen molar-refractivity contribution in [2.24, 2.45) is 0 Å². The van der Waals surface area contributed by atoms with Gasteiger partial charge in [-0.1, -0.05) is 53.5 Å². The predicted molar refractivity (Wildman–Crippen MR) is 124 cm³/mol. The molecule has 0 saturated carbocycles. The Morgan fingerprint density at radius 3 is 2.52 bits per heavy atom. The molecule has 1 fully saturated rings. The number of ether oxygens (including phenoxy) is 1. The number of hydrogen-bond donors (Lipinski definition) is 5. The molecular formula is C21H21Cl2N3O6S. The van der Waals surface area contributed by atoms with Crippen LogP contribution in [0.25, 0.3) is 10.2 Å². The lowest BCUT2D eigenvalue weighted by atomic mass is 10.0. The Kier molecular flexibility index (Phi) is 7.13. The van der Waals surface area contributed by atoms with Gasteiger partial charge in [-0.2, -0.15) is 0 Å². The number of β-amino-alcohol motifs (C(OH)–C–C–N with tert-alkyl or cyclic N) is 2. The smallest absolute Gasteiger partial charge is 0.392 e. The van der Waals surface area contributed by atoms with Crippen LogP contribution in [0.4, 0.5) is 4.79 Å². The number of aromatic nitrogens is 1. The number of rotatable bonds is 6. The Hall–Kier alpha value is -2.34. The summed E-state index contributed by atoms with van der Waals surface area (Å²) in [5.74, 6) is -0.711. The molecule has 2 aromatic heterocycles. The zero-order chi connectivity index (χ0) is 23.7. The summed E-state index contributed by atoms with van der Waals surface area (Å²) in [7, 11) is 0. The van der Waals surface area contributed by atoms with E-state index in [1.165, 1.54) is 11.3 Å². The first kappa shape index (κ1) is 23.8. The van der Waals surface area contributed by atoms with Crippen molar-refractivity contribution in [2.75, 3.05) is 13.1 Å². The Morgan fingerprint density at radius 1 is 1.21 bits per heavy atom. The highest BCUT2D eigenvalue weighted by molar-refractivity contribution is 7.22. The number of aliphatic hydroxyl groups excluding tert-OH is 3. The number of thiophene rings is 1. The highest BCUT2D eigenvalue weighted by atomic mass is 35.5. The zero-order valence-corrected chi connectivity index (χ0v) is 19.4. The number of aliphatic hydroxyl groups is 3. The van der Waals surface area contributed by atoms with Crippen molar-refractivity contribution in [3.8, 4) is 5.88 Å². The SMILES string of the molecule is O=C(N[C@@H](Cc1ccccc1)[C@@H](O)C(=O)N1C[C@@H](O)[C@@H](O)C1)Oc1[nH]c2sc(Cl)cc2c1Cl. The minimum Gasteiger partial charge on any atom is -0.392 e. The topological polar surface area (TPSA) is 135 Å². The van der Waals surface area contributed by atoms with Crippen molar-refractivity contribution in [2.45, 2.75) is 30.8 Å². The molecule has 0 bridgehead atoms. The molecule has 0 unspecified atom stereocenters. The van der Waals surface area contributed by atoms with E-state index in [1.54, 1.807) is 30.3 Å². The summed E-state index contributed by atoms with van der Waals surface area (Å²) in [6.07, 6.45) is -4.62. The molecule has 3 aromatic rings. The highest BCUT2D eigenvalue weighted by Gasteiger charge is 2.38. The van der Waals surface area contributed by atoms with Crippen LogP contribution in [0.1, 0.15) is 5.56 Å². The number of carbonyl (C=O) groups is 2. The quantitative estimate of drug-likeness (QED) is 0.342. The van der Waals surface area contributed by atoms with Gasteiger partial charge >= 0.3 is 6.09 Å². The van der Waals surface area contributed by atoms with Gasteiger partial charge in [0.1, 0.15) is 9.85 Å². The summed E-state index contributed by atoms with van der Waals surface area (Å²) in [5, 5.41) is 33.6.